The van der Waals surface area contributed by atoms with Crippen molar-refractivity contribution in [1.82, 2.24) is 0 Å². The van der Waals surface area contributed by atoms with Crippen LogP contribution in [0.15, 0.2) is 0 Å². The van der Waals surface area contributed by atoms with E-state index in [1.165, 1.54) is 0 Å². The van der Waals surface area contributed by atoms with E-state index in [-0.39, 0.29) is 0 Å². The first-order valence-corrected chi connectivity index (χ1v) is 7.44. The van der Waals surface area contributed by atoms with E-state index in [1.54, 1.807) is 0 Å². The van der Waals surface area contributed by atoms with Crippen LogP contribution in [-0.2, 0) is 0 Å². The fourth-order valence-corrected chi connectivity index (χ4v) is 3.18. The van der Waals surface area contributed by atoms with Crippen LogP contribution in [0.1, 0.15) is 0 Å². The molecule has 5 heavy (non-hydrogen) atoms. The summed E-state index contributed by atoms with van der Waals surface area (Å²) in [6.45, 7) is 0. The van der Waals surface area contributed by atoms with E-state index in [1.807, 2.05) is 20.0 Å². The second kappa shape index (κ2) is 5.22. The summed E-state index contributed by atoms with van der Waals surface area (Å²) >= 11 is 0.805. The van der Waals surface area contributed by atoms with Crippen molar-refractivity contribution in [3.63, 3.8) is 0 Å². The van der Waals surface area contributed by atoms with Gasteiger partial charge in [-0.05, 0) is 0 Å². The van der Waals surface area contributed by atoms with Gasteiger partial charge in [0.05, 0.1) is 0 Å². The quantitative estimate of drug-likeness (QED) is 0.460. The Labute approximate surface area is 46.1 Å². The third kappa shape index (κ3) is 5.22. The summed E-state index contributed by atoms with van der Waals surface area (Å²) in [5.74, 6) is 2.22. The Hall–Kier alpha value is 1.22. The second-order valence-corrected chi connectivity index (χ2v) is 7.28. The van der Waals surface area contributed by atoms with E-state index in [4.69, 9.17) is 0 Å². The molecule has 0 aromatic rings. The normalized spacial score (nSPS) is 8.40. The Morgan fingerprint density at radius 3 is 2.20 bits per heavy atom. The minimum atomic E-state index is 0.805. The van der Waals surface area contributed by atoms with E-state index < -0.39 is 0 Å². The number of hydrogen-bond acceptors (Lipinski definition) is 2. The zero-order valence-electron chi connectivity index (χ0n) is 3.22. The topological polar surface area (TPSA) is 0 Å². The molecule has 0 N–H and O–H groups in total. The Kier molecular flexibility index (Phi) is 6.49. The third-order valence-corrected chi connectivity index (χ3v) is 6.36. The van der Waals surface area contributed by atoms with Crippen molar-refractivity contribution >= 4 is 33.8 Å². The van der Waals surface area contributed by atoms with E-state index in [0.29, 0.717) is 0 Å². The minimum absolute atomic E-state index is 0.805. The van der Waals surface area contributed by atoms with Gasteiger partial charge in [-0.1, -0.05) is 0 Å². The molecule has 3 heteroatoms. The summed E-state index contributed by atoms with van der Waals surface area (Å²) in [5, 5.41) is 0. The van der Waals surface area contributed by atoms with E-state index in [2.05, 4.69) is 12.1 Å². The Bertz CT molecular complexity index is 15.1. The summed E-state index contributed by atoms with van der Waals surface area (Å²) in [6, 6.07) is 0. The van der Waals surface area contributed by atoms with Gasteiger partial charge < -0.3 is 0 Å². The summed E-state index contributed by atoms with van der Waals surface area (Å²) in [4.78, 5) is 0. The van der Waals surface area contributed by atoms with Gasteiger partial charge in [0.2, 0.25) is 0 Å². The molecule has 0 unspecified atom stereocenters. The molecule has 0 saturated carbocycles. The van der Waals surface area contributed by atoms with Gasteiger partial charge in [-0.3, -0.25) is 0 Å². The molecule has 0 aromatic carbocycles. The zero-order chi connectivity index (χ0) is 4.12. The average Bonchev–Trinajstić information content (AvgIpc) is 1.41. The molecule has 0 amide bonds. The molecule has 0 aliphatic heterocycles. The van der Waals surface area contributed by atoms with Gasteiger partial charge in [0.15, 0.2) is 0 Å². The van der Waals surface area contributed by atoms with E-state index in [0.717, 1.165) is 13.8 Å². The number of hydrogen-bond donors (Lipinski definition) is 0. The van der Waals surface area contributed by atoms with Crippen LogP contribution in [0.3, 0.4) is 0 Å². The zero-order valence-corrected chi connectivity index (χ0v) is 6.57. The van der Waals surface area contributed by atoms with Crippen LogP contribution in [-0.4, -0.2) is 20.1 Å². The van der Waals surface area contributed by atoms with Crippen molar-refractivity contribution in [2.24, 2.45) is 0 Å². The standard InChI is InChI=1S/C2H6S2Se/c1-3-4-5-2/h1-2H3. The predicted octanol–water partition coefficient (Wildman–Crippen LogP) is 1.66. The summed E-state index contributed by atoms with van der Waals surface area (Å²) in [7, 11) is 3.79. The molecule has 0 spiro atoms. The summed E-state index contributed by atoms with van der Waals surface area (Å²) < 4.78 is 0. The molecule has 0 atom stereocenters. The molecule has 0 heterocycles. The molecule has 0 aromatic heterocycles. The van der Waals surface area contributed by atoms with Crippen LogP contribution in [0.2, 0.25) is 5.82 Å². The first-order chi connectivity index (χ1) is 2.41. The van der Waals surface area contributed by atoms with E-state index in [9.17, 15) is 0 Å². The van der Waals surface area contributed by atoms with Crippen molar-refractivity contribution in [2.75, 3.05) is 6.26 Å². The van der Waals surface area contributed by atoms with Crippen LogP contribution in [0, 0.1) is 0 Å². The molecular formula is C2H6S2Se. The molecule has 0 bridgehead atoms. The van der Waals surface area contributed by atoms with Crippen LogP contribution < -0.4 is 0 Å². The molecule has 0 rings (SSSR count). The SMILES string of the molecule is CSS[Se]C. The molecule has 0 aliphatic rings. The molecule has 0 saturated heterocycles. The molecule has 32 valence electrons. The van der Waals surface area contributed by atoms with Crippen molar-refractivity contribution in [3.8, 4) is 0 Å². The fraction of sp³-hybridized carbons (Fsp3) is 1.00. The third-order valence-electron chi connectivity index (χ3n) is 0.136. The van der Waals surface area contributed by atoms with Crippen LogP contribution in [0.4, 0.5) is 0 Å². The van der Waals surface area contributed by atoms with Crippen LogP contribution in [0.25, 0.3) is 0 Å². The maximum absolute atomic E-state index is 2.22. The van der Waals surface area contributed by atoms with Gasteiger partial charge in [0.1, 0.15) is 0 Å². The van der Waals surface area contributed by atoms with Crippen molar-refractivity contribution in [2.45, 2.75) is 5.82 Å². The van der Waals surface area contributed by atoms with Crippen molar-refractivity contribution in [1.29, 1.82) is 0 Å². The molecule has 0 fully saturated rings. The van der Waals surface area contributed by atoms with Crippen molar-refractivity contribution in [3.05, 3.63) is 0 Å². The Morgan fingerprint density at radius 1 is 1.60 bits per heavy atom. The Morgan fingerprint density at radius 2 is 2.20 bits per heavy atom. The van der Waals surface area contributed by atoms with E-state index >= 15 is 0 Å². The first kappa shape index (κ1) is 6.22. The maximum atomic E-state index is 2.22. The molecular weight excluding hydrogens is 167 g/mol. The van der Waals surface area contributed by atoms with Gasteiger partial charge >= 0.3 is 45.9 Å². The molecule has 0 aliphatic carbocycles. The van der Waals surface area contributed by atoms with Crippen molar-refractivity contribution < 1.29 is 0 Å². The van der Waals surface area contributed by atoms with Gasteiger partial charge in [-0.15, -0.1) is 0 Å². The molecule has 0 radical (unpaired) electrons. The summed E-state index contributed by atoms with van der Waals surface area (Å²) in [6.07, 6.45) is 2.11. The number of rotatable bonds is 2. The average molecular weight is 173 g/mol. The van der Waals surface area contributed by atoms with Crippen LogP contribution >= 0.6 is 20.0 Å². The fourth-order valence-electron chi connectivity index (χ4n) is 0.0680. The monoisotopic (exact) mass is 174 g/mol. The van der Waals surface area contributed by atoms with Gasteiger partial charge in [0.25, 0.3) is 0 Å². The van der Waals surface area contributed by atoms with Gasteiger partial charge in [-0.2, -0.15) is 0 Å². The van der Waals surface area contributed by atoms with Gasteiger partial charge in [-0.25, -0.2) is 0 Å². The molecule has 0 nitrogen and oxygen atoms in total. The Balaban J connectivity index is 2.19. The van der Waals surface area contributed by atoms with Crippen LogP contribution in [0.5, 0.6) is 0 Å². The first-order valence-electron chi connectivity index (χ1n) is 1.15. The predicted molar refractivity (Wildman–Crippen MR) is 32.7 cm³/mol. The second-order valence-electron chi connectivity index (χ2n) is 0.401. The van der Waals surface area contributed by atoms with Gasteiger partial charge in [0, 0.05) is 0 Å². The summed E-state index contributed by atoms with van der Waals surface area (Å²) in [5.41, 5.74) is 0.